The van der Waals surface area contributed by atoms with Gasteiger partial charge in [0, 0.05) is 16.7 Å². The highest BCUT2D eigenvalue weighted by molar-refractivity contribution is 7.89. The number of ether oxygens (including phenoxy) is 1. The molecule has 0 aliphatic carbocycles. The molecule has 0 spiro atoms. The molecule has 0 unspecified atom stereocenters. The lowest BCUT2D eigenvalue weighted by molar-refractivity contribution is 0.255. The molecule has 3 aromatic rings. The second kappa shape index (κ2) is 9.38. The standard InChI is InChI=1S/C23H26N2O4S/c1-3-4-12-29-23-19(15-26)14-21(17-8-10-20(11-9-17)30(24,27)28)22(25-23)18-7-5-6-16(2)13-18/h5-11,13-14,26H,3-4,12,15H2,1-2H3,(H2,24,27,28). The third-order valence-corrected chi connectivity index (χ3v) is 5.68. The molecule has 3 rings (SSSR count). The van der Waals surface area contributed by atoms with Crippen molar-refractivity contribution in [3.63, 3.8) is 0 Å². The summed E-state index contributed by atoms with van der Waals surface area (Å²) in [6, 6.07) is 16.1. The number of hydrogen-bond donors (Lipinski definition) is 2. The topological polar surface area (TPSA) is 103 Å². The van der Waals surface area contributed by atoms with Crippen LogP contribution in [-0.2, 0) is 16.6 Å². The largest absolute Gasteiger partial charge is 0.477 e. The van der Waals surface area contributed by atoms with E-state index in [1.807, 2.05) is 37.3 Å². The summed E-state index contributed by atoms with van der Waals surface area (Å²) in [6.07, 6.45) is 1.89. The normalized spacial score (nSPS) is 11.5. The van der Waals surface area contributed by atoms with Gasteiger partial charge in [0.1, 0.15) is 0 Å². The summed E-state index contributed by atoms with van der Waals surface area (Å²) in [5.41, 5.74) is 4.81. The Balaban J connectivity index is 2.17. The molecule has 6 nitrogen and oxygen atoms in total. The number of benzene rings is 2. The summed E-state index contributed by atoms with van der Waals surface area (Å²) < 4.78 is 29.0. The first kappa shape index (κ1) is 22.0. The zero-order chi connectivity index (χ0) is 21.7. The molecular weight excluding hydrogens is 400 g/mol. The maximum absolute atomic E-state index is 11.6. The summed E-state index contributed by atoms with van der Waals surface area (Å²) in [7, 11) is -3.78. The van der Waals surface area contributed by atoms with Gasteiger partial charge in [-0.05, 0) is 43.2 Å². The van der Waals surface area contributed by atoms with E-state index < -0.39 is 10.0 Å². The van der Waals surface area contributed by atoms with Gasteiger partial charge in [-0.3, -0.25) is 0 Å². The van der Waals surface area contributed by atoms with Crippen molar-refractivity contribution in [2.75, 3.05) is 6.61 Å². The lowest BCUT2D eigenvalue weighted by Gasteiger charge is -2.16. The predicted octanol–water partition coefficient (Wildman–Crippen LogP) is 4.04. The van der Waals surface area contributed by atoms with Gasteiger partial charge >= 0.3 is 0 Å². The summed E-state index contributed by atoms with van der Waals surface area (Å²) in [5, 5.41) is 15.1. The lowest BCUT2D eigenvalue weighted by atomic mass is 9.97. The Kier molecular flexibility index (Phi) is 6.87. The van der Waals surface area contributed by atoms with Crippen LogP contribution in [0.25, 0.3) is 22.4 Å². The number of rotatable bonds is 8. The number of aryl methyl sites for hydroxylation is 1. The second-order valence-electron chi connectivity index (χ2n) is 7.15. The first-order valence-electron chi connectivity index (χ1n) is 9.81. The molecular formula is C23H26N2O4S. The van der Waals surface area contributed by atoms with Crippen LogP contribution in [0.3, 0.4) is 0 Å². The van der Waals surface area contributed by atoms with Crippen molar-refractivity contribution in [2.45, 2.75) is 38.2 Å². The van der Waals surface area contributed by atoms with Crippen LogP contribution in [0.2, 0.25) is 0 Å². The molecule has 3 N–H and O–H groups in total. The van der Waals surface area contributed by atoms with E-state index in [1.54, 1.807) is 12.1 Å². The first-order valence-corrected chi connectivity index (χ1v) is 11.4. The molecule has 1 heterocycles. The fraction of sp³-hybridized carbons (Fsp3) is 0.261. The van der Waals surface area contributed by atoms with Gasteiger partial charge in [0.2, 0.25) is 15.9 Å². The van der Waals surface area contributed by atoms with Gasteiger partial charge in [-0.15, -0.1) is 0 Å². The van der Waals surface area contributed by atoms with Crippen LogP contribution in [0, 0.1) is 6.92 Å². The molecule has 158 valence electrons. The van der Waals surface area contributed by atoms with Gasteiger partial charge in [-0.25, -0.2) is 18.5 Å². The molecule has 0 radical (unpaired) electrons. The number of hydrogen-bond acceptors (Lipinski definition) is 5. The van der Waals surface area contributed by atoms with Crippen molar-refractivity contribution in [3.05, 3.63) is 65.7 Å². The first-order chi connectivity index (χ1) is 14.3. The molecule has 7 heteroatoms. The molecule has 0 fully saturated rings. The quantitative estimate of drug-likeness (QED) is 0.529. The van der Waals surface area contributed by atoms with E-state index in [-0.39, 0.29) is 11.5 Å². The number of nitrogens with zero attached hydrogens (tertiary/aromatic N) is 1. The van der Waals surface area contributed by atoms with E-state index in [0.29, 0.717) is 23.7 Å². The van der Waals surface area contributed by atoms with E-state index in [1.165, 1.54) is 12.1 Å². The molecule has 30 heavy (non-hydrogen) atoms. The predicted molar refractivity (Wildman–Crippen MR) is 118 cm³/mol. The highest BCUT2D eigenvalue weighted by Crippen LogP contribution is 2.35. The molecule has 0 aliphatic rings. The van der Waals surface area contributed by atoms with Crippen LogP contribution < -0.4 is 9.88 Å². The molecule has 0 aliphatic heterocycles. The smallest absolute Gasteiger partial charge is 0.238 e. The van der Waals surface area contributed by atoms with Gasteiger partial charge in [-0.2, -0.15) is 0 Å². The highest BCUT2D eigenvalue weighted by atomic mass is 32.2. The van der Waals surface area contributed by atoms with E-state index in [4.69, 9.17) is 14.9 Å². The molecule has 0 bridgehead atoms. The third-order valence-electron chi connectivity index (χ3n) is 4.75. The van der Waals surface area contributed by atoms with Crippen molar-refractivity contribution in [1.82, 2.24) is 4.98 Å². The number of aliphatic hydroxyl groups excluding tert-OH is 1. The average molecular weight is 427 g/mol. The number of primary sulfonamides is 1. The fourth-order valence-electron chi connectivity index (χ4n) is 3.15. The molecule has 0 saturated heterocycles. The summed E-state index contributed by atoms with van der Waals surface area (Å²) in [6.45, 7) is 4.39. The summed E-state index contributed by atoms with van der Waals surface area (Å²) in [4.78, 5) is 4.79. The minimum atomic E-state index is -3.78. The number of nitrogens with two attached hydrogens (primary N) is 1. The minimum absolute atomic E-state index is 0.0400. The zero-order valence-electron chi connectivity index (χ0n) is 17.1. The third kappa shape index (κ3) is 5.05. The summed E-state index contributed by atoms with van der Waals surface area (Å²) >= 11 is 0. The number of sulfonamides is 1. The number of unbranched alkanes of at least 4 members (excludes halogenated alkanes) is 1. The van der Waals surface area contributed by atoms with Crippen LogP contribution in [0.5, 0.6) is 5.88 Å². The van der Waals surface area contributed by atoms with Crippen LogP contribution in [-0.4, -0.2) is 25.1 Å². The van der Waals surface area contributed by atoms with Crippen molar-refractivity contribution < 1.29 is 18.3 Å². The van der Waals surface area contributed by atoms with E-state index in [0.717, 1.165) is 35.1 Å². The van der Waals surface area contributed by atoms with Gasteiger partial charge in [-0.1, -0.05) is 49.2 Å². The molecule has 0 saturated carbocycles. The van der Waals surface area contributed by atoms with Crippen molar-refractivity contribution in [3.8, 4) is 28.3 Å². The molecule has 0 atom stereocenters. The van der Waals surface area contributed by atoms with Crippen LogP contribution >= 0.6 is 0 Å². The minimum Gasteiger partial charge on any atom is -0.477 e. The number of aromatic nitrogens is 1. The van der Waals surface area contributed by atoms with Crippen molar-refractivity contribution in [1.29, 1.82) is 0 Å². The van der Waals surface area contributed by atoms with Crippen LogP contribution in [0.1, 0.15) is 30.9 Å². The monoisotopic (exact) mass is 426 g/mol. The lowest BCUT2D eigenvalue weighted by Crippen LogP contribution is -2.11. The Morgan fingerprint density at radius 2 is 1.80 bits per heavy atom. The maximum atomic E-state index is 11.6. The summed E-state index contributed by atoms with van der Waals surface area (Å²) in [5.74, 6) is 0.410. The SMILES string of the molecule is CCCCOc1nc(-c2cccc(C)c2)c(-c2ccc(S(N)(=O)=O)cc2)cc1CO. The van der Waals surface area contributed by atoms with Gasteiger partial charge in [0.05, 0.1) is 23.8 Å². The van der Waals surface area contributed by atoms with Crippen LogP contribution in [0.4, 0.5) is 0 Å². The van der Waals surface area contributed by atoms with Gasteiger partial charge in [0.15, 0.2) is 0 Å². The molecule has 0 amide bonds. The second-order valence-corrected chi connectivity index (χ2v) is 8.71. The van der Waals surface area contributed by atoms with Crippen molar-refractivity contribution >= 4 is 10.0 Å². The van der Waals surface area contributed by atoms with E-state index in [2.05, 4.69) is 6.92 Å². The fourth-order valence-corrected chi connectivity index (χ4v) is 3.66. The average Bonchev–Trinajstić information content (AvgIpc) is 2.73. The zero-order valence-corrected chi connectivity index (χ0v) is 17.9. The maximum Gasteiger partial charge on any atom is 0.238 e. The Hall–Kier alpha value is -2.74. The van der Waals surface area contributed by atoms with E-state index in [9.17, 15) is 13.5 Å². The van der Waals surface area contributed by atoms with Crippen LogP contribution in [0.15, 0.2) is 59.5 Å². The Morgan fingerprint density at radius 3 is 2.40 bits per heavy atom. The van der Waals surface area contributed by atoms with Gasteiger partial charge < -0.3 is 9.84 Å². The Labute approximate surface area is 177 Å². The number of pyridine rings is 1. The molecule has 1 aromatic heterocycles. The highest BCUT2D eigenvalue weighted by Gasteiger charge is 2.17. The number of aliphatic hydroxyl groups is 1. The molecule has 2 aromatic carbocycles. The Bertz CT molecular complexity index is 1130. The Morgan fingerprint density at radius 1 is 1.07 bits per heavy atom. The van der Waals surface area contributed by atoms with Gasteiger partial charge in [0.25, 0.3) is 0 Å². The van der Waals surface area contributed by atoms with Crippen molar-refractivity contribution in [2.24, 2.45) is 5.14 Å². The van der Waals surface area contributed by atoms with E-state index >= 15 is 0 Å².